The molecule has 0 atom stereocenters. The van der Waals surface area contributed by atoms with Gasteiger partial charge in [0.25, 0.3) is 11.5 Å². The molecule has 0 aliphatic heterocycles. The summed E-state index contributed by atoms with van der Waals surface area (Å²) in [6, 6.07) is 0. The van der Waals surface area contributed by atoms with Crippen LogP contribution < -0.4 is 17.0 Å². The Morgan fingerprint density at radius 3 is 2.55 bits per heavy atom. The standard InChI is InChI=1S/C14H18N4O3S/c1-3-4-9-17-13-10(7(2)11(22-13)12(16)20)14(21)18(9)6-5-8(15)19/h3-6H2,1-2H3,(H2,15,19)(H2,16,20). The van der Waals surface area contributed by atoms with E-state index < -0.39 is 11.8 Å². The number of amides is 2. The number of nitrogens with two attached hydrogens (primary N) is 2. The molecule has 0 aromatic carbocycles. The molecule has 0 aliphatic carbocycles. The van der Waals surface area contributed by atoms with Crippen molar-refractivity contribution in [2.45, 2.75) is 39.7 Å². The first-order valence-corrected chi connectivity index (χ1v) is 7.79. The molecule has 118 valence electrons. The molecule has 8 heteroatoms. The smallest absolute Gasteiger partial charge is 0.262 e. The highest BCUT2D eigenvalue weighted by Gasteiger charge is 2.20. The fourth-order valence-electron chi connectivity index (χ4n) is 2.36. The molecular weight excluding hydrogens is 304 g/mol. The molecule has 0 unspecified atom stereocenters. The molecule has 2 aromatic rings. The van der Waals surface area contributed by atoms with Crippen LogP contribution in [-0.2, 0) is 17.8 Å². The highest BCUT2D eigenvalue weighted by molar-refractivity contribution is 7.20. The lowest BCUT2D eigenvalue weighted by Crippen LogP contribution is -2.27. The van der Waals surface area contributed by atoms with Crippen LogP contribution in [0.5, 0.6) is 0 Å². The second kappa shape index (κ2) is 6.27. The zero-order valence-electron chi connectivity index (χ0n) is 12.5. The van der Waals surface area contributed by atoms with Gasteiger partial charge in [0.15, 0.2) is 0 Å². The fourth-order valence-corrected chi connectivity index (χ4v) is 3.40. The predicted octanol–water partition coefficient (Wildman–Crippen LogP) is 0.693. The number of hydrogen-bond donors (Lipinski definition) is 2. The molecule has 0 spiro atoms. The van der Waals surface area contributed by atoms with E-state index in [-0.39, 0.29) is 18.5 Å². The number of aromatic nitrogens is 2. The number of aryl methyl sites for hydroxylation is 2. The lowest BCUT2D eigenvalue weighted by Gasteiger charge is -2.11. The predicted molar refractivity (Wildman–Crippen MR) is 84.9 cm³/mol. The van der Waals surface area contributed by atoms with Crippen molar-refractivity contribution in [1.82, 2.24) is 9.55 Å². The molecule has 0 fully saturated rings. The van der Waals surface area contributed by atoms with Crippen molar-refractivity contribution < 1.29 is 9.59 Å². The van der Waals surface area contributed by atoms with Gasteiger partial charge in [0.05, 0.1) is 10.3 Å². The van der Waals surface area contributed by atoms with E-state index in [1.165, 1.54) is 4.57 Å². The third kappa shape index (κ3) is 2.87. The summed E-state index contributed by atoms with van der Waals surface area (Å²) >= 11 is 1.13. The van der Waals surface area contributed by atoms with Crippen LogP contribution in [-0.4, -0.2) is 21.4 Å². The van der Waals surface area contributed by atoms with Crippen molar-refractivity contribution in [2.24, 2.45) is 11.5 Å². The van der Waals surface area contributed by atoms with Crippen molar-refractivity contribution in [2.75, 3.05) is 0 Å². The summed E-state index contributed by atoms with van der Waals surface area (Å²) in [5, 5.41) is 0.392. The van der Waals surface area contributed by atoms with Crippen LogP contribution in [0.25, 0.3) is 10.2 Å². The second-order valence-corrected chi connectivity index (χ2v) is 6.05. The van der Waals surface area contributed by atoms with Gasteiger partial charge < -0.3 is 11.5 Å². The van der Waals surface area contributed by atoms with Gasteiger partial charge in [-0.1, -0.05) is 6.92 Å². The van der Waals surface area contributed by atoms with E-state index in [1.54, 1.807) is 6.92 Å². The maximum atomic E-state index is 12.7. The average molecular weight is 322 g/mol. The van der Waals surface area contributed by atoms with E-state index >= 15 is 0 Å². The number of carbonyl (C=O) groups excluding carboxylic acids is 2. The SMILES string of the molecule is CCCc1nc2sc(C(N)=O)c(C)c2c(=O)n1CCC(N)=O. The normalized spacial score (nSPS) is 11.0. The molecule has 4 N–H and O–H groups in total. The first kappa shape index (κ1) is 16.2. The Bertz CT molecular complexity index is 807. The summed E-state index contributed by atoms with van der Waals surface area (Å²) in [5.74, 6) is -0.451. The van der Waals surface area contributed by atoms with Gasteiger partial charge >= 0.3 is 0 Å². The second-order valence-electron chi connectivity index (χ2n) is 5.05. The van der Waals surface area contributed by atoms with Gasteiger partial charge in [0, 0.05) is 19.4 Å². The number of nitrogens with zero attached hydrogens (tertiary/aromatic N) is 2. The maximum absolute atomic E-state index is 12.7. The quantitative estimate of drug-likeness (QED) is 0.812. The maximum Gasteiger partial charge on any atom is 0.262 e. The molecule has 0 saturated heterocycles. The highest BCUT2D eigenvalue weighted by atomic mass is 32.1. The minimum Gasteiger partial charge on any atom is -0.370 e. The van der Waals surface area contributed by atoms with Crippen LogP contribution in [0.1, 0.15) is 40.8 Å². The Morgan fingerprint density at radius 2 is 2.00 bits per heavy atom. The molecule has 0 bridgehead atoms. The molecular formula is C14H18N4O3S. The molecule has 2 rings (SSSR count). The molecule has 7 nitrogen and oxygen atoms in total. The average Bonchev–Trinajstić information content (AvgIpc) is 2.76. The summed E-state index contributed by atoms with van der Waals surface area (Å²) in [7, 11) is 0. The van der Waals surface area contributed by atoms with E-state index in [0.29, 0.717) is 32.9 Å². The van der Waals surface area contributed by atoms with Crippen LogP contribution >= 0.6 is 11.3 Å². The lowest BCUT2D eigenvalue weighted by molar-refractivity contribution is -0.118. The Labute approximate surface area is 130 Å². The van der Waals surface area contributed by atoms with Gasteiger partial charge in [-0.25, -0.2) is 4.98 Å². The third-order valence-electron chi connectivity index (χ3n) is 3.41. The fraction of sp³-hybridized carbons (Fsp3) is 0.429. The van der Waals surface area contributed by atoms with Crippen LogP contribution in [0.4, 0.5) is 0 Å². The summed E-state index contributed by atoms with van der Waals surface area (Å²) < 4.78 is 1.47. The van der Waals surface area contributed by atoms with Gasteiger partial charge in [-0.2, -0.15) is 0 Å². The molecule has 2 amide bonds. The van der Waals surface area contributed by atoms with Gasteiger partial charge in [-0.3, -0.25) is 19.0 Å². The monoisotopic (exact) mass is 322 g/mol. The zero-order valence-corrected chi connectivity index (χ0v) is 13.3. The van der Waals surface area contributed by atoms with Crippen molar-refractivity contribution in [3.05, 3.63) is 26.6 Å². The number of thiophene rings is 1. The summed E-state index contributed by atoms with van der Waals surface area (Å²) in [6.07, 6.45) is 1.48. The molecule has 2 aromatic heterocycles. The summed E-state index contributed by atoms with van der Waals surface area (Å²) in [6.45, 7) is 3.84. The van der Waals surface area contributed by atoms with Crippen molar-refractivity contribution in [1.29, 1.82) is 0 Å². The van der Waals surface area contributed by atoms with Crippen LogP contribution in [0.3, 0.4) is 0 Å². The number of hydrogen-bond acceptors (Lipinski definition) is 5. The zero-order chi connectivity index (χ0) is 16.4. The molecule has 22 heavy (non-hydrogen) atoms. The van der Waals surface area contributed by atoms with Gasteiger partial charge in [-0.15, -0.1) is 11.3 Å². The minimum atomic E-state index is -0.569. The van der Waals surface area contributed by atoms with Crippen molar-refractivity contribution in [3.8, 4) is 0 Å². The Kier molecular flexibility index (Phi) is 4.60. The largest absolute Gasteiger partial charge is 0.370 e. The van der Waals surface area contributed by atoms with E-state index in [1.807, 2.05) is 6.92 Å². The number of rotatable bonds is 6. The number of primary amides is 2. The van der Waals surface area contributed by atoms with E-state index in [2.05, 4.69) is 4.98 Å². The minimum absolute atomic E-state index is 0.0651. The van der Waals surface area contributed by atoms with Crippen LogP contribution in [0.15, 0.2) is 4.79 Å². The summed E-state index contributed by atoms with van der Waals surface area (Å²) in [5.41, 5.74) is 10.8. The Hall–Kier alpha value is -2.22. The molecule has 0 radical (unpaired) electrons. The molecule has 0 aliphatic rings. The van der Waals surface area contributed by atoms with Gasteiger partial charge in [0.1, 0.15) is 10.7 Å². The van der Waals surface area contributed by atoms with E-state index in [4.69, 9.17) is 11.5 Å². The van der Waals surface area contributed by atoms with Crippen LogP contribution in [0, 0.1) is 6.92 Å². The van der Waals surface area contributed by atoms with Crippen molar-refractivity contribution >= 4 is 33.4 Å². The van der Waals surface area contributed by atoms with Crippen molar-refractivity contribution in [3.63, 3.8) is 0 Å². The van der Waals surface area contributed by atoms with E-state index in [9.17, 15) is 14.4 Å². The first-order chi connectivity index (χ1) is 10.4. The topological polar surface area (TPSA) is 121 Å². The molecule has 0 saturated carbocycles. The lowest BCUT2D eigenvalue weighted by atomic mass is 10.2. The number of fused-ring (bicyclic) bond motifs is 1. The third-order valence-corrected chi connectivity index (χ3v) is 4.61. The van der Waals surface area contributed by atoms with E-state index in [0.717, 1.165) is 17.8 Å². The summed E-state index contributed by atoms with van der Waals surface area (Å²) in [4.78, 5) is 40.5. The molecule has 2 heterocycles. The highest BCUT2D eigenvalue weighted by Crippen LogP contribution is 2.27. The first-order valence-electron chi connectivity index (χ1n) is 6.97. The Morgan fingerprint density at radius 1 is 1.32 bits per heavy atom. The number of carbonyl (C=O) groups is 2. The van der Waals surface area contributed by atoms with Crippen LogP contribution in [0.2, 0.25) is 0 Å². The van der Waals surface area contributed by atoms with Gasteiger partial charge in [0.2, 0.25) is 5.91 Å². The van der Waals surface area contributed by atoms with Gasteiger partial charge in [-0.05, 0) is 18.9 Å². The Balaban J connectivity index is 2.70.